The molecule has 0 fully saturated rings. The van der Waals surface area contributed by atoms with Crippen LogP contribution in [0.4, 0.5) is 17.1 Å². The van der Waals surface area contributed by atoms with Crippen molar-refractivity contribution in [3.63, 3.8) is 0 Å². The van der Waals surface area contributed by atoms with Crippen LogP contribution >= 0.6 is 0 Å². The SMILES string of the molecule is c1ccc(-c2ccc(N(c3ccc(-c4ccc(-c5cccc6ccccc56)cc4)cc3)c3cccc(-c4cccc5c4c4ccccc4n5-c4ccc5c(ccc6ccccc65)c4)c3)cc2)cc1. The van der Waals surface area contributed by atoms with Crippen LogP contribution in [0, 0.1) is 0 Å². The van der Waals surface area contributed by atoms with Crippen LogP contribution in [0.25, 0.3) is 104 Å². The molecule has 0 saturated heterocycles. The van der Waals surface area contributed by atoms with Crippen molar-refractivity contribution in [3.05, 3.63) is 267 Å². The van der Waals surface area contributed by atoms with Gasteiger partial charge in [0.25, 0.3) is 0 Å². The summed E-state index contributed by atoms with van der Waals surface area (Å²) < 4.78 is 2.44. The molecule has 0 bridgehead atoms. The number of fused-ring (bicyclic) bond motifs is 7. The Kier molecular flexibility index (Phi) is 9.54. The van der Waals surface area contributed by atoms with E-state index in [9.17, 15) is 0 Å². The van der Waals surface area contributed by atoms with Crippen molar-refractivity contribution >= 4 is 71.2 Å². The first-order valence-corrected chi connectivity index (χ1v) is 23.4. The molecule has 0 saturated carbocycles. The maximum Gasteiger partial charge on any atom is 0.0547 e. The Hall–Kier alpha value is -8.98. The second-order valence-electron chi connectivity index (χ2n) is 17.7. The van der Waals surface area contributed by atoms with Crippen LogP contribution in [0.15, 0.2) is 267 Å². The van der Waals surface area contributed by atoms with E-state index in [-0.39, 0.29) is 0 Å². The van der Waals surface area contributed by atoms with Gasteiger partial charge >= 0.3 is 0 Å². The van der Waals surface area contributed by atoms with Gasteiger partial charge in [0.15, 0.2) is 0 Å². The van der Waals surface area contributed by atoms with Crippen molar-refractivity contribution in [2.75, 3.05) is 4.90 Å². The van der Waals surface area contributed by atoms with Crippen molar-refractivity contribution < 1.29 is 0 Å². The Morgan fingerprint density at radius 1 is 0.250 bits per heavy atom. The summed E-state index contributed by atoms with van der Waals surface area (Å²) >= 11 is 0. The van der Waals surface area contributed by atoms with Crippen molar-refractivity contribution in [1.29, 1.82) is 0 Å². The fraction of sp³-hybridized carbons (Fsp3) is 0. The standard InChI is InChI=1S/C66H44N2/c1-2-13-45(14-3-1)47-33-37-54(38-34-47)67(55-39-35-48(36-40-55)46-27-29-51(30-28-46)60-23-11-17-49-15-4-6-20-58(49)60)56-19-10-18-52(43-56)62-24-12-26-65-66(62)63-22-8-9-25-64(63)68(65)57-41-42-61-53(44-57)32-31-50-16-5-7-21-59(50)61/h1-44H. The van der Waals surface area contributed by atoms with Crippen molar-refractivity contribution in [3.8, 4) is 50.2 Å². The molecule has 13 aromatic rings. The van der Waals surface area contributed by atoms with E-state index in [4.69, 9.17) is 0 Å². The van der Waals surface area contributed by atoms with Crippen molar-refractivity contribution in [2.24, 2.45) is 0 Å². The van der Waals surface area contributed by atoms with E-state index in [0.29, 0.717) is 0 Å². The lowest BCUT2D eigenvalue weighted by Crippen LogP contribution is -2.10. The Labute approximate surface area is 395 Å². The molecule has 318 valence electrons. The number of rotatable bonds is 8. The van der Waals surface area contributed by atoms with Gasteiger partial charge in [-0.1, -0.05) is 206 Å². The summed E-state index contributed by atoms with van der Waals surface area (Å²) in [6.45, 7) is 0. The van der Waals surface area contributed by atoms with E-state index in [2.05, 4.69) is 276 Å². The Balaban J connectivity index is 0.902. The van der Waals surface area contributed by atoms with Gasteiger partial charge in [0.2, 0.25) is 0 Å². The van der Waals surface area contributed by atoms with Crippen LogP contribution in [-0.4, -0.2) is 4.57 Å². The van der Waals surface area contributed by atoms with Gasteiger partial charge in [-0.2, -0.15) is 0 Å². The Bertz CT molecular complexity index is 3990. The molecule has 0 radical (unpaired) electrons. The molecule has 13 rings (SSSR count). The number of para-hydroxylation sites is 1. The lowest BCUT2D eigenvalue weighted by atomic mass is 9.96. The quantitative estimate of drug-likeness (QED) is 0.138. The summed E-state index contributed by atoms with van der Waals surface area (Å²) in [5.74, 6) is 0. The fourth-order valence-corrected chi connectivity index (χ4v) is 10.5. The van der Waals surface area contributed by atoms with E-state index in [1.54, 1.807) is 0 Å². The minimum Gasteiger partial charge on any atom is -0.310 e. The highest BCUT2D eigenvalue weighted by Gasteiger charge is 2.19. The first kappa shape index (κ1) is 39.4. The van der Waals surface area contributed by atoms with E-state index >= 15 is 0 Å². The second kappa shape index (κ2) is 16.5. The fourth-order valence-electron chi connectivity index (χ4n) is 10.5. The highest BCUT2D eigenvalue weighted by Crippen LogP contribution is 2.43. The minimum atomic E-state index is 1.09. The number of nitrogens with zero attached hydrogens (tertiary/aromatic N) is 2. The Morgan fingerprint density at radius 2 is 0.750 bits per heavy atom. The third kappa shape index (κ3) is 6.82. The lowest BCUT2D eigenvalue weighted by molar-refractivity contribution is 1.19. The van der Waals surface area contributed by atoms with E-state index in [0.717, 1.165) is 28.3 Å². The molecule has 0 atom stereocenters. The molecular weight excluding hydrogens is 821 g/mol. The number of hydrogen-bond donors (Lipinski definition) is 0. The molecule has 12 aromatic carbocycles. The molecule has 1 heterocycles. The zero-order valence-corrected chi connectivity index (χ0v) is 37.3. The van der Waals surface area contributed by atoms with Gasteiger partial charge in [0, 0.05) is 33.5 Å². The molecule has 0 amide bonds. The van der Waals surface area contributed by atoms with Crippen LogP contribution in [0.5, 0.6) is 0 Å². The predicted molar refractivity (Wildman–Crippen MR) is 290 cm³/mol. The van der Waals surface area contributed by atoms with Crippen molar-refractivity contribution in [2.45, 2.75) is 0 Å². The predicted octanol–water partition coefficient (Wildman–Crippen LogP) is 18.4. The molecular formula is C66H44N2. The number of aromatic nitrogens is 1. The van der Waals surface area contributed by atoms with Crippen LogP contribution in [0.2, 0.25) is 0 Å². The number of benzene rings is 12. The van der Waals surface area contributed by atoms with Gasteiger partial charge in [-0.05, 0) is 137 Å². The highest BCUT2D eigenvalue weighted by atomic mass is 15.1. The van der Waals surface area contributed by atoms with Gasteiger partial charge in [-0.15, -0.1) is 0 Å². The summed E-state index contributed by atoms with van der Waals surface area (Å²) in [6.07, 6.45) is 0. The molecule has 0 spiro atoms. The van der Waals surface area contributed by atoms with Crippen LogP contribution < -0.4 is 4.90 Å². The highest BCUT2D eigenvalue weighted by molar-refractivity contribution is 6.16. The third-order valence-corrected chi connectivity index (χ3v) is 13.8. The average Bonchev–Trinajstić information content (AvgIpc) is 3.76. The molecule has 0 unspecified atom stereocenters. The number of hydrogen-bond acceptors (Lipinski definition) is 1. The normalized spacial score (nSPS) is 11.5. The topological polar surface area (TPSA) is 8.17 Å². The Morgan fingerprint density at radius 3 is 1.50 bits per heavy atom. The summed E-state index contributed by atoms with van der Waals surface area (Å²) in [4.78, 5) is 2.38. The second-order valence-corrected chi connectivity index (χ2v) is 17.7. The first-order chi connectivity index (χ1) is 33.7. The average molecular weight is 865 g/mol. The third-order valence-electron chi connectivity index (χ3n) is 13.8. The van der Waals surface area contributed by atoms with Crippen LogP contribution in [0.3, 0.4) is 0 Å². The van der Waals surface area contributed by atoms with Gasteiger partial charge in [-0.3, -0.25) is 0 Å². The maximum atomic E-state index is 2.44. The smallest absolute Gasteiger partial charge is 0.0547 e. The van der Waals surface area contributed by atoms with Crippen LogP contribution in [0.1, 0.15) is 0 Å². The number of anilines is 3. The monoisotopic (exact) mass is 864 g/mol. The van der Waals surface area contributed by atoms with E-state index in [1.165, 1.54) is 93.1 Å². The molecule has 0 aliphatic heterocycles. The van der Waals surface area contributed by atoms with Crippen molar-refractivity contribution in [1.82, 2.24) is 4.57 Å². The zero-order valence-electron chi connectivity index (χ0n) is 37.3. The van der Waals surface area contributed by atoms with E-state index in [1.807, 2.05) is 0 Å². The molecule has 2 heteroatoms. The summed E-state index contributed by atoms with van der Waals surface area (Å²) in [7, 11) is 0. The first-order valence-electron chi connectivity index (χ1n) is 23.4. The molecule has 0 aliphatic carbocycles. The van der Waals surface area contributed by atoms with Gasteiger partial charge < -0.3 is 9.47 Å². The van der Waals surface area contributed by atoms with Gasteiger partial charge in [0.05, 0.1) is 11.0 Å². The lowest BCUT2D eigenvalue weighted by Gasteiger charge is -2.26. The molecule has 68 heavy (non-hydrogen) atoms. The maximum absolute atomic E-state index is 2.44. The molecule has 0 aliphatic rings. The summed E-state index contributed by atoms with van der Waals surface area (Å²) in [5, 5.41) is 10.0. The van der Waals surface area contributed by atoms with Crippen LogP contribution in [-0.2, 0) is 0 Å². The summed E-state index contributed by atoms with van der Waals surface area (Å²) in [6, 6.07) is 97.4. The largest absolute Gasteiger partial charge is 0.310 e. The van der Waals surface area contributed by atoms with Gasteiger partial charge in [0.1, 0.15) is 0 Å². The summed E-state index contributed by atoms with van der Waals surface area (Å²) in [5.41, 5.74) is 16.4. The van der Waals surface area contributed by atoms with Gasteiger partial charge in [-0.25, -0.2) is 0 Å². The molecule has 1 aromatic heterocycles. The minimum absolute atomic E-state index is 1.09. The zero-order chi connectivity index (χ0) is 45.0. The molecule has 0 N–H and O–H groups in total. The molecule has 2 nitrogen and oxygen atoms in total. The van der Waals surface area contributed by atoms with E-state index < -0.39 is 0 Å².